The third-order valence-electron chi connectivity index (χ3n) is 13.5. The monoisotopic (exact) mass is 798 g/mol. The highest BCUT2D eigenvalue weighted by Crippen LogP contribution is 2.65. The second kappa shape index (κ2) is 13.9. The van der Waals surface area contributed by atoms with Crippen LogP contribution in [0, 0.1) is 0 Å². The average Bonchev–Trinajstić information content (AvgIpc) is 3.82. The number of fused-ring (bicyclic) bond motifs is 13. The smallest absolute Gasteiger partial charge is 0.160 e. The van der Waals surface area contributed by atoms with Gasteiger partial charge in [0, 0.05) is 16.7 Å². The van der Waals surface area contributed by atoms with Crippen molar-refractivity contribution in [3.63, 3.8) is 0 Å². The van der Waals surface area contributed by atoms with Crippen molar-refractivity contribution in [3.05, 3.63) is 253 Å². The van der Waals surface area contributed by atoms with Crippen LogP contribution in [0.15, 0.2) is 231 Å². The Labute approximate surface area is 366 Å². The lowest BCUT2D eigenvalue weighted by atomic mass is 9.69. The fourth-order valence-corrected chi connectivity index (χ4v) is 10.7. The Bertz CT molecular complexity index is 3560. The van der Waals surface area contributed by atoms with E-state index in [1.54, 1.807) is 0 Å². The summed E-state index contributed by atoms with van der Waals surface area (Å²) in [7, 11) is 0. The molecule has 2 aliphatic rings. The van der Waals surface area contributed by atoms with E-state index in [-0.39, 0.29) is 0 Å². The molecule has 2 heteroatoms. The Kier molecular flexibility index (Phi) is 7.85. The third-order valence-corrected chi connectivity index (χ3v) is 13.5. The van der Waals surface area contributed by atoms with Crippen LogP contribution >= 0.6 is 0 Å². The Balaban J connectivity index is 1.00. The van der Waals surface area contributed by atoms with Crippen LogP contribution in [0.2, 0.25) is 0 Å². The van der Waals surface area contributed by atoms with E-state index in [1.807, 2.05) is 18.2 Å². The first kappa shape index (κ1) is 35.5. The summed E-state index contributed by atoms with van der Waals surface area (Å²) in [6.45, 7) is 0. The van der Waals surface area contributed by atoms with Crippen molar-refractivity contribution >= 4 is 21.5 Å². The zero-order chi connectivity index (χ0) is 41.5. The maximum atomic E-state index is 5.21. The molecule has 0 fully saturated rings. The van der Waals surface area contributed by atoms with E-state index >= 15 is 0 Å². The van der Waals surface area contributed by atoms with Gasteiger partial charge >= 0.3 is 0 Å². The molecule has 10 aromatic carbocycles. The quantitative estimate of drug-likeness (QED) is 0.173. The molecule has 1 heterocycles. The average molecular weight is 799 g/mol. The molecule has 0 radical (unpaired) electrons. The van der Waals surface area contributed by atoms with E-state index in [2.05, 4.69) is 212 Å². The predicted octanol–water partition coefficient (Wildman–Crippen LogP) is 15.5. The van der Waals surface area contributed by atoms with Crippen molar-refractivity contribution in [2.75, 3.05) is 0 Å². The van der Waals surface area contributed by atoms with Gasteiger partial charge in [0.25, 0.3) is 0 Å². The lowest BCUT2D eigenvalue weighted by Gasteiger charge is -2.31. The zero-order valence-corrected chi connectivity index (χ0v) is 34.3. The van der Waals surface area contributed by atoms with Crippen LogP contribution in [-0.2, 0) is 5.41 Å². The molecular formula is C61H38N2. The highest BCUT2D eigenvalue weighted by molar-refractivity contribution is 6.12. The van der Waals surface area contributed by atoms with Crippen LogP contribution in [0.1, 0.15) is 22.3 Å². The van der Waals surface area contributed by atoms with Gasteiger partial charge in [-0.3, -0.25) is 0 Å². The van der Waals surface area contributed by atoms with Gasteiger partial charge in [0.05, 0.1) is 16.8 Å². The molecular weight excluding hydrogens is 761 g/mol. The lowest BCUT2D eigenvalue weighted by molar-refractivity contribution is 0.796. The normalized spacial score (nSPS) is 12.9. The standard InChI is InChI=1S/C61H38N2/c1-3-16-39(17-4-1)43-22-15-23-46(34-43)58-38-57(62-60(63-58)42-18-5-2-6-19-42)41-32-30-40(31-33-41)51-37-56-59(50-27-10-9-24-47(50)51)52-35-44-20-7-8-21-45(44)36-55(52)61(56)53-28-13-11-25-48(53)49-26-12-14-29-54(49)61/h1-38H. The molecule has 0 N–H and O–H groups in total. The van der Waals surface area contributed by atoms with Gasteiger partial charge in [0.15, 0.2) is 5.82 Å². The molecule has 0 saturated carbocycles. The van der Waals surface area contributed by atoms with Gasteiger partial charge in [-0.15, -0.1) is 0 Å². The number of nitrogens with zero attached hydrogens (tertiary/aromatic N) is 2. The molecule has 63 heavy (non-hydrogen) atoms. The molecule has 0 amide bonds. The van der Waals surface area contributed by atoms with Crippen LogP contribution < -0.4 is 0 Å². The van der Waals surface area contributed by atoms with Crippen LogP contribution in [0.4, 0.5) is 0 Å². The predicted molar refractivity (Wildman–Crippen MR) is 261 cm³/mol. The summed E-state index contributed by atoms with van der Waals surface area (Å²) in [5.74, 6) is 0.705. The van der Waals surface area contributed by atoms with Crippen molar-refractivity contribution in [2.45, 2.75) is 5.41 Å². The minimum absolute atomic E-state index is 0.469. The first-order chi connectivity index (χ1) is 31.2. The molecule has 1 aromatic heterocycles. The summed E-state index contributed by atoms with van der Waals surface area (Å²) in [6, 6.07) is 84.0. The van der Waals surface area contributed by atoms with Gasteiger partial charge < -0.3 is 0 Å². The number of benzene rings is 10. The van der Waals surface area contributed by atoms with E-state index in [9.17, 15) is 0 Å². The van der Waals surface area contributed by atoms with Crippen LogP contribution in [0.3, 0.4) is 0 Å². The Morgan fingerprint density at radius 2 is 0.810 bits per heavy atom. The summed E-state index contributed by atoms with van der Waals surface area (Å²) in [6.07, 6.45) is 0. The van der Waals surface area contributed by atoms with Gasteiger partial charge in [-0.25, -0.2) is 9.97 Å². The SMILES string of the molecule is c1ccc(-c2cccc(-c3cc(-c4ccc(-c5cc6c(c7ccccc57)-c5cc7ccccc7cc5C65c6ccccc6-c6ccccc65)cc4)nc(-c4ccccc4)n3)c2)cc1. The van der Waals surface area contributed by atoms with Crippen molar-refractivity contribution in [3.8, 4) is 78.4 Å². The molecule has 2 nitrogen and oxygen atoms in total. The Hall–Kier alpha value is -8.20. The molecule has 0 atom stereocenters. The maximum Gasteiger partial charge on any atom is 0.160 e. The van der Waals surface area contributed by atoms with Crippen LogP contribution in [-0.4, -0.2) is 9.97 Å². The van der Waals surface area contributed by atoms with E-state index in [0.717, 1.165) is 33.6 Å². The molecule has 11 aromatic rings. The van der Waals surface area contributed by atoms with Gasteiger partial charge in [-0.05, 0) is 119 Å². The Morgan fingerprint density at radius 1 is 0.270 bits per heavy atom. The summed E-state index contributed by atoms with van der Waals surface area (Å²) in [5.41, 5.74) is 19.8. The number of aromatic nitrogens is 2. The molecule has 2 aliphatic carbocycles. The van der Waals surface area contributed by atoms with E-state index < -0.39 is 5.41 Å². The zero-order valence-electron chi connectivity index (χ0n) is 34.3. The summed E-state index contributed by atoms with van der Waals surface area (Å²) in [4.78, 5) is 10.4. The molecule has 292 valence electrons. The summed E-state index contributed by atoms with van der Waals surface area (Å²) < 4.78 is 0. The molecule has 0 bridgehead atoms. The van der Waals surface area contributed by atoms with Crippen molar-refractivity contribution in [1.82, 2.24) is 9.97 Å². The number of hydrogen-bond acceptors (Lipinski definition) is 2. The number of rotatable bonds is 5. The van der Waals surface area contributed by atoms with Gasteiger partial charge in [0.1, 0.15) is 0 Å². The van der Waals surface area contributed by atoms with Crippen LogP contribution in [0.25, 0.3) is 100.0 Å². The first-order valence-electron chi connectivity index (χ1n) is 21.7. The lowest BCUT2D eigenvalue weighted by Crippen LogP contribution is -2.26. The highest BCUT2D eigenvalue weighted by Gasteiger charge is 2.52. The van der Waals surface area contributed by atoms with E-state index in [0.29, 0.717) is 5.82 Å². The molecule has 0 aliphatic heterocycles. The summed E-state index contributed by atoms with van der Waals surface area (Å²) in [5, 5.41) is 5.04. The Morgan fingerprint density at radius 3 is 1.52 bits per heavy atom. The summed E-state index contributed by atoms with van der Waals surface area (Å²) >= 11 is 0. The number of hydrogen-bond donors (Lipinski definition) is 0. The molecule has 0 saturated heterocycles. The van der Waals surface area contributed by atoms with Crippen molar-refractivity contribution < 1.29 is 0 Å². The van der Waals surface area contributed by atoms with Crippen molar-refractivity contribution in [2.24, 2.45) is 0 Å². The van der Waals surface area contributed by atoms with Crippen molar-refractivity contribution in [1.29, 1.82) is 0 Å². The largest absolute Gasteiger partial charge is 0.228 e. The van der Waals surface area contributed by atoms with Gasteiger partial charge in [-0.2, -0.15) is 0 Å². The van der Waals surface area contributed by atoms with Gasteiger partial charge in [0.2, 0.25) is 0 Å². The van der Waals surface area contributed by atoms with E-state index in [1.165, 1.54) is 82.7 Å². The van der Waals surface area contributed by atoms with E-state index in [4.69, 9.17) is 9.97 Å². The molecule has 0 unspecified atom stereocenters. The third kappa shape index (κ3) is 5.38. The highest BCUT2D eigenvalue weighted by atomic mass is 14.9. The fraction of sp³-hybridized carbons (Fsp3) is 0.0164. The fourth-order valence-electron chi connectivity index (χ4n) is 10.7. The molecule has 13 rings (SSSR count). The second-order valence-corrected chi connectivity index (χ2v) is 16.8. The first-order valence-corrected chi connectivity index (χ1v) is 21.7. The van der Waals surface area contributed by atoms with Crippen LogP contribution in [0.5, 0.6) is 0 Å². The minimum atomic E-state index is -0.469. The second-order valence-electron chi connectivity index (χ2n) is 16.8. The molecule has 1 spiro atoms. The topological polar surface area (TPSA) is 25.8 Å². The van der Waals surface area contributed by atoms with Gasteiger partial charge in [-0.1, -0.05) is 200 Å². The minimum Gasteiger partial charge on any atom is -0.228 e. The maximum absolute atomic E-state index is 5.21.